The molecule has 0 saturated carbocycles. The molecule has 0 bridgehead atoms. The highest BCUT2D eigenvalue weighted by molar-refractivity contribution is 7.89. The molecule has 0 aromatic heterocycles. The zero-order valence-corrected chi connectivity index (χ0v) is 23.8. The van der Waals surface area contributed by atoms with E-state index in [4.69, 9.17) is 0 Å². The molecule has 39 heavy (non-hydrogen) atoms. The van der Waals surface area contributed by atoms with E-state index in [1.165, 1.54) is 41.2 Å². The fourth-order valence-electron chi connectivity index (χ4n) is 5.95. The lowest BCUT2D eigenvalue weighted by molar-refractivity contribution is -0.129. The van der Waals surface area contributed by atoms with Crippen molar-refractivity contribution < 1.29 is 18.0 Å². The van der Waals surface area contributed by atoms with Crippen LogP contribution in [0.15, 0.2) is 53.7 Å². The van der Waals surface area contributed by atoms with Gasteiger partial charge in [-0.05, 0) is 72.9 Å². The summed E-state index contributed by atoms with van der Waals surface area (Å²) in [5, 5.41) is 5.69. The molecule has 2 N–H and O–H groups in total. The van der Waals surface area contributed by atoms with E-state index in [1.807, 2.05) is 6.92 Å². The third-order valence-electron chi connectivity index (χ3n) is 7.86. The summed E-state index contributed by atoms with van der Waals surface area (Å²) < 4.78 is 27.7. The third kappa shape index (κ3) is 5.89. The Labute approximate surface area is 231 Å². The normalized spacial score (nSPS) is 21.3. The Morgan fingerprint density at radius 2 is 1.87 bits per heavy atom. The van der Waals surface area contributed by atoms with Crippen molar-refractivity contribution in [2.24, 2.45) is 5.92 Å². The maximum Gasteiger partial charge on any atom is 0.264 e. The Morgan fingerprint density at radius 3 is 2.62 bits per heavy atom. The van der Waals surface area contributed by atoms with E-state index in [2.05, 4.69) is 41.5 Å². The Balaban J connectivity index is 1.32. The van der Waals surface area contributed by atoms with Gasteiger partial charge >= 0.3 is 0 Å². The average Bonchev–Trinajstić information content (AvgIpc) is 2.89. The number of carbonyl (C=O) groups excluding carboxylic acids is 2. The van der Waals surface area contributed by atoms with Crippen LogP contribution < -0.4 is 10.6 Å². The van der Waals surface area contributed by atoms with Crippen LogP contribution in [0, 0.1) is 12.8 Å². The first-order valence-electron chi connectivity index (χ1n) is 13.9. The zero-order chi connectivity index (χ0) is 27.7. The Morgan fingerprint density at radius 1 is 1.10 bits per heavy atom. The second kappa shape index (κ2) is 11.1. The van der Waals surface area contributed by atoms with Crippen molar-refractivity contribution in [2.45, 2.75) is 76.4 Å². The fraction of sp³-hybridized carbons (Fsp3) is 0.467. The lowest BCUT2D eigenvalue weighted by Gasteiger charge is -2.34. The number of carbonyl (C=O) groups is 2. The summed E-state index contributed by atoms with van der Waals surface area (Å²) in [6.45, 7) is 9.47. The molecule has 1 aliphatic carbocycles. The number of aryl methyl sites for hydroxylation is 2. The molecule has 2 aromatic rings. The van der Waals surface area contributed by atoms with E-state index >= 15 is 0 Å². The van der Waals surface area contributed by atoms with E-state index in [0.717, 1.165) is 60.7 Å². The van der Waals surface area contributed by atoms with Gasteiger partial charge in [-0.1, -0.05) is 43.7 Å². The lowest BCUT2D eigenvalue weighted by atomic mass is 9.83. The molecule has 0 saturated heterocycles. The zero-order valence-electron chi connectivity index (χ0n) is 22.9. The van der Waals surface area contributed by atoms with Crippen LogP contribution in [-0.4, -0.2) is 48.6 Å². The Hall–Kier alpha value is -3.17. The molecule has 208 valence electrons. The highest BCUT2D eigenvalue weighted by Crippen LogP contribution is 2.34. The van der Waals surface area contributed by atoms with Crippen LogP contribution in [0.4, 0.5) is 0 Å². The molecule has 0 radical (unpaired) electrons. The molecule has 2 amide bonds. The SMILES string of the molecule is Cc1ccc(S(=O)(=O)N2C=CNC(=O)[C@@H]2CC(=O)N[C@@H]2CCCc3cc4c(cc32)CCN(CC(C)C)C4)cc1. The van der Waals surface area contributed by atoms with Gasteiger partial charge in [0, 0.05) is 32.0 Å². The summed E-state index contributed by atoms with van der Waals surface area (Å²) in [5.74, 6) is -0.228. The van der Waals surface area contributed by atoms with E-state index < -0.39 is 22.0 Å². The van der Waals surface area contributed by atoms with E-state index in [1.54, 1.807) is 12.1 Å². The number of fused-ring (bicyclic) bond motifs is 2. The number of hydrogen-bond donors (Lipinski definition) is 2. The molecule has 0 spiro atoms. The summed E-state index contributed by atoms with van der Waals surface area (Å²) in [4.78, 5) is 28.6. The van der Waals surface area contributed by atoms with Gasteiger partial charge in [-0.3, -0.25) is 18.8 Å². The minimum Gasteiger partial charge on any atom is -0.349 e. The van der Waals surface area contributed by atoms with Gasteiger partial charge in [0.2, 0.25) is 11.8 Å². The number of benzene rings is 2. The highest BCUT2D eigenvalue weighted by atomic mass is 32.2. The second-order valence-electron chi connectivity index (χ2n) is 11.4. The third-order valence-corrected chi connectivity index (χ3v) is 9.66. The van der Waals surface area contributed by atoms with Crippen LogP contribution in [0.3, 0.4) is 0 Å². The number of nitrogens with one attached hydrogen (secondary N) is 2. The van der Waals surface area contributed by atoms with E-state index in [-0.39, 0.29) is 23.3 Å². The maximum atomic E-state index is 13.4. The average molecular weight is 551 g/mol. The van der Waals surface area contributed by atoms with Gasteiger partial charge in [-0.2, -0.15) is 0 Å². The standard InChI is InChI=1S/C30H38N4O4S/c1-20(2)18-33-13-11-22-16-26-23(15-24(22)19-33)5-4-6-27(26)32-29(35)17-28-30(36)31-12-14-34(28)39(37,38)25-9-7-21(3)8-10-25/h7-10,12,14-16,20,27-28H,4-6,11,13,17-19H2,1-3H3,(H,31,36)(H,32,35)/t27-,28+/m1/s1. The summed E-state index contributed by atoms with van der Waals surface area (Å²) in [6.07, 6.45) is 6.12. The second-order valence-corrected chi connectivity index (χ2v) is 13.2. The fourth-order valence-corrected chi connectivity index (χ4v) is 7.40. The molecule has 2 heterocycles. The smallest absolute Gasteiger partial charge is 0.264 e. The molecule has 2 aromatic carbocycles. The van der Waals surface area contributed by atoms with Crippen molar-refractivity contribution in [3.05, 3.63) is 76.6 Å². The molecular formula is C30H38N4O4S. The van der Waals surface area contributed by atoms with Crippen LogP contribution in [0.25, 0.3) is 0 Å². The summed E-state index contributed by atoms with van der Waals surface area (Å²) in [5.41, 5.74) is 6.09. The van der Waals surface area contributed by atoms with Crippen LogP contribution in [0.1, 0.15) is 67.0 Å². The van der Waals surface area contributed by atoms with Gasteiger partial charge in [0.25, 0.3) is 10.0 Å². The topological polar surface area (TPSA) is 98.8 Å². The van der Waals surface area contributed by atoms with Crippen molar-refractivity contribution in [2.75, 3.05) is 13.1 Å². The minimum absolute atomic E-state index is 0.0794. The first-order chi connectivity index (χ1) is 18.6. The van der Waals surface area contributed by atoms with Crippen molar-refractivity contribution in [3.8, 4) is 0 Å². The first kappa shape index (κ1) is 27.4. The van der Waals surface area contributed by atoms with Gasteiger partial charge in [0.15, 0.2) is 0 Å². The van der Waals surface area contributed by atoms with Crippen molar-refractivity contribution >= 4 is 21.8 Å². The summed E-state index contributed by atoms with van der Waals surface area (Å²) in [6, 6.07) is 9.74. The molecule has 2 atom stereocenters. The highest BCUT2D eigenvalue weighted by Gasteiger charge is 2.37. The Kier molecular flexibility index (Phi) is 7.82. The molecule has 2 aliphatic heterocycles. The van der Waals surface area contributed by atoms with Crippen molar-refractivity contribution in [1.82, 2.24) is 19.8 Å². The number of hydrogen-bond acceptors (Lipinski definition) is 5. The van der Waals surface area contributed by atoms with E-state index in [9.17, 15) is 18.0 Å². The van der Waals surface area contributed by atoms with Crippen molar-refractivity contribution in [1.29, 1.82) is 0 Å². The largest absolute Gasteiger partial charge is 0.349 e. The van der Waals surface area contributed by atoms with Gasteiger partial charge < -0.3 is 10.6 Å². The van der Waals surface area contributed by atoms with E-state index in [0.29, 0.717) is 5.92 Å². The predicted molar refractivity (Wildman–Crippen MR) is 150 cm³/mol. The summed E-state index contributed by atoms with van der Waals surface area (Å²) >= 11 is 0. The quantitative estimate of drug-likeness (QED) is 0.550. The molecule has 0 unspecified atom stereocenters. The molecule has 5 rings (SSSR count). The number of nitrogens with zero attached hydrogens (tertiary/aromatic N) is 2. The minimum atomic E-state index is -4.01. The van der Waals surface area contributed by atoms with Crippen LogP contribution in [0.2, 0.25) is 0 Å². The number of sulfonamides is 1. The Bertz CT molecular complexity index is 1380. The monoisotopic (exact) mass is 550 g/mol. The number of amides is 2. The van der Waals surface area contributed by atoms with Crippen molar-refractivity contribution in [3.63, 3.8) is 0 Å². The van der Waals surface area contributed by atoms with Crippen LogP contribution >= 0.6 is 0 Å². The molecule has 9 heteroatoms. The molecule has 8 nitrogen and oxygen atoms in total. The van der Waals surface area contributed by atoms with Gasteiger partial charge in [-0.25, -0.2) is 8.42 Å². The van der Waals surface area contributed by atoms with Gasteiger partial charge in [-0.15, -0.1) is 0 Å². The lowest BCUT2D eigenvalue weighted by Crippen LogP contribution is -2.51. The molecule has 0 fully saturated rings. The molecule has 3 aliphatic rings. The predicted octanol–water partition coefficient (Wildman–Crippen LogP) is 3.55. The first-order valence-corrected chi connectivity index (χ1v) is 15.3. The number of rotatable bonds is 7. The maximum absolute atomic E-state index is 13.4. The van der Waals surface area contributed by atoms with Gasteiger partial charge in [0.05, 0.1) is 17.4 Å². The summed E-state index contributed by atoms with van der Waals surface area (Å²) in [7, 11) is -4.01. The van der Waals surface area contributed by atoms with Crippen LogP contribution in [-0.2, 0) is 39.0 Å². The van der Waals surface area contributed by atoms with Gasteiger partial charge in [0.1, 0.15) is 6.04 Å². The molecular weight excluding hydrogens is 512 g/mol. The van der Waals surface area contributed by atoms with Crippen LogP contribution in [0.5, 0.6) is 0 Å².